The van der Waals surface area contributed by atoms with Crippen LogP contribution in [0.15, 0.2) is 97.1 Å². The molecule has 0 aromatic heterocycles. The van der Waals surface area contributed by atoms with E-state index < -0.39 is 15.7 Å². The third kappa shape index (κ3) is 6.87. The predicted octanol–water partition coefficient (Wildman–Crippen LogP) is 15.4. The Hall–Kier alpha value is -1.74. The van der Waals surface area contributed by atoms with E-state index in [9.17, 15) is 0 Å². The van der Waals surface area contributed by atoms with Gasteiger partial charge in [-0.1, -0.05) is 0 Å². The van der Waals surface area contributed by atoms with Gasteiger partial charge in [0.1, 0.15) is 0 Å². The zero-order valence-electron chi connectivity index (χ0n) is 32.9. The van der Waals surface area contributed by atoms with E-state index in [1.165, 1.54) is 44.5 Å². The molecular formula is C47H54Cl4Hf. The van der Waals surface area contributed by atoms with Crippen molar-refractivity contribution in [3.8, 4) is 11.1 Å². The van der Waals surface area contributed by atoms with Gasteiger partial charge in [0.2, 0.25) is 0 Å². The van der Waals surface area contributed by atoms with Gasteiger partial charge in [-0.05, 0) is 0 Å². The molecule has 52 heavy (non-hydrogen) atoms. The van der Waals surface area contributed by atoms with Crippen molar-refractivity contribution in [1.82, 2.24) is 0 Å². The molecule has 0 amide bonds. The molecule has 0 N–H and O–H groups in total. The SMILES string of the molecule is CC(C)(C)c1cc2c(cc1C(C)(C)C)[CH]([Hf]([Cl])([Cl])(=[C](c1ccc(Cl)cc1)c1ccc(Cl)cc1)[CH]1C=CC=C1)c1cc(C(C)(C)C)c(C(C)(C)C)cc1-2. The first kappa shape index (κ1) is 39.9. The van der Waals surface area contributed by atoms with Crippen LogP contribution in [0.2, 0.25) is 13.7 Å². The first-order valence-electron chi connectivity index (χ1n) is 18.5. The van der Waals surface area contributed by atoms with E-state index in [2.05, 4.69) is 156 Å². The normalized spacial score (nSPS) is 15.7. The van der Waals surface area contributed by atoms with Crippen LogP contribution in [-0.2, 0) is 37.3 Å². The Labute approximate surface area is 331 Å². The molecule has 0 fully saturated rings. The van der Waals surface area contributed by atoms with Crippen molar-refractivity contribution < 1.29 is 15.7 Å². The fourth-order valence-corrected chi connectivity index (χ4v) is 36.6. The van der Waals surface area contributed by atoms with Crippen LogP contribution >= 0.6 is 40.4 Å². The Balaban J connectivity index is 1.92. The number of hydrogen-bond donors (Lipinski definition) is 0. The fraction of sp³-hybridized carbons (Fsp3) is 0.383. The van der Waals surface area contributed by atoms with E-state index >= 15 is 0 Å². The van der Waals surface area contributed by atoms with Gasteiger partial charge < -0.3 is 0 Å². The Morgan fingerprint density at radius 2 is 0.788 bits per heavy atom. The van der Waals surface area contributed by atoms with Gasteiger partial charge in [0.15, 0.2) is 0 Å². The van der Waals surface area contributed by atoms with Gasteiger partial charge in [-0.25, -0.2) is 0 Å². The van der Waals surface area contributed by atoms with Crippen LogP contribution in [0.4, 0.5) is 0 Å². The average Bonchev–Trinajstić information content (AvgIpc) is 3.68. The fourth-order valence-electron chi connectivity index (χ4n) is 8.64. The summed E-state index contributed by atoms with van der Waals surface area (Å²) in [6, 6.07) is 26.2. The molecule has 0 spiro atoms. The Morgan fingerprint density at radius 3 is 1.10 bits per heavy atom. The predicted molar refractivity (Wildman–Crippen MR) is 228 cm³/mol. The van der Waals surface area contributed by atoms with E-state index in [4.69, 9.17) is 40.4 Å². The maximum atomic E-state index is 8.95. The summed E-state index contributed by atoms with van der Waals surface area (Å²) in [5.41, 5.74) is 12.0. The average molecular weight is 939 g/mol. The number of allylic oxidation sites excluding steroid dienone is 4. The quantitative estimate of drug-likeness (QED) is 0.179. The van der Waals surface area contributed by atoms with Crippen LogP contribution < -0.4 is 0 Å². The summed E-state index contributed by atoms with van der Waals surface area (Å²) < 4.78 is 0.633. The first-order chi connectivity index (χ1) is 23.8. The minimum atomic E-state index is -5.80. The zero-order valence-corrected chi connectivity index (χ0v) is 39.5. The van der Waals surface area contributed by atoms with Crippen LogP contribution in [0.1, 0.15) is 131 Å². The van der Waals surface area contributed by atoms with E-state index in [0.29, 0.717) is 10.0 Å². The second-order valence-electron chi connectivity index (χ2n) is 19.2. The van der Waals surface area contributed by atoms with Gasteiger partial charge in [-0.15, -0.1) is 0 Å². The minimum absolute atomic E-state index is 0.0737. The number of halogens is 4. The maximum absolute atomic E-state index is 8.95. The molecule has 0 saturated heterocycles. The summed E-state index contributed by atoms with van der Waals surface area (Å²) in [6.07, 6.45) is 8.74. The van der Waals surface area contributed by atoms with Gasteiger partial charge in [0, 0.05) is 0 Å². The Kier molecular flexibility index (Phi) is 10.1. The molecule has 0 saturated carbocycles. The van der Waals surface area contributed by atoms with Gasteiger partial charge in [0.25, 0.3) is 0 Å². The second kappa shape index (κ2) is 13.2. The van der Waals surface area contributed by atoms with Gasteiger partial charge in [-0.3, -0.25) is 0 Å². The molecule has 5 heteroatoms. The summed E-state index contributed by atoms with van der Waals surface area (Å²) in [6.45, 7) is 27.9. The summed E-state index contributed by atoms with van der Waals surface area (Å²) in [5, 5.41) is 1.34. The van der Waals surface area contributed by atoms with E-state index in [1.54, 1.807) is 0 Å². The van der Waals surface area contributed by atoms with Crippen LogP contribution in [0, 0.1) is 0 Å². The molecule has 0 aliphatic heterocycles. The van der Waals surface area contributed by atoms with Crippen molar-refractivity contribution in [2.75, 3.05) is 0 Å². The second-order valence-corrected chi connectivity index (χ2v) is 49.6. The Morgan fingerprint density at radius 1 is 0.481 bits per heavy atom. The topological polar surface area (TPSA) is 0 Å². The number of rotatable bonds is 4. The third-order valence-electron chi connectivity index (χ3n) is 11.2. The number of fused-ring (bicyclic) bond motifs is 3. The molecule has 0 nitrogen and oxygen atoms in total. The van der Waals surface area contributed by atoms with Gasteiger partial charge in [0.05, 0.1) is 0 Å². The summed E-state index contributed by atoms with van der Waals surface area (Å²) in [7, 11) is 17.9. The van der Waals surface area contributed by atoms with Crippen molar-refractivity contribution in [3.63, 3.8) is 0 Å². The molecule has 4 aromatic carbocycles. The molecule has 0 atom stereocenters. The molecule has 274 valence electrons. The molecule has 2 aliphatic rings. The zero-order chi connectivity index (χ0) is 38.4. The molecule has 2 aliphatic carbocycles. The third-order valence-corrected chi connectivity index (χ3v) is 39.8. The molecule has 0 radical (unpaired) electrons. The van der Waals surface area contributed by atoms with Crippen molar-refractivity contribution >= 4 is 43.6 Å². The van der Waals surface area contributed by atoms with Crippen molar-refractivity contribution in [2.24, 2.45) is 0 Å². The molecule has 0 bridgehead atoms. The molecule has 4 aromatic rings. The van der Waals surface area contributed by atoms with Gasteiger partial charge in [-0.2, -0.15) is 0 Å². The number of benzene rings is 4. The summed E-state index contributed by atoms with van der Waals surface area (Å²) in [5.74, 6) is 0. The van der Waals surface area contributed by atoms with Crippen molar-refractivity contribution in [3.05, 3.63) is 152 Å². The first-order valence-corrected chi connectivity index (χ1v) is 34.1. The summed E-state index contributed by atoms with van der Waals surface area (Å²) >= 11 is 7.29. The standard InChI is InChI=1S/C29H41.C13H8Cl2.C5H5.2ClH.Hf/c1-26(2,3)22-14-18-13-19-15-23(27(4,5)6)25(29(10,11)12)17-21(19)20(18)16-24(22)28(7,8)9;14-12-5-1-10(2-6-12)9-11-3-7-13(15)8-4-11;1-2-4-5-3-1;;;/h13-17H,1-12H3;1-8H;1-5H;2*1H;/q;;;;;+2/p-2. The van der Waals surface area contributed by atoms with Gasteiger partial charge >= 0.3 is 334 Å². The molecular weight excluding hydrogens is 885 g/mol. The van der Waals surface area contributed by atoms with Crippen molar-refractivity contribution in [1.29, 1.82) is 0 Å². The van der Waals surface area contributed by atoms with Crippen LogP contribution in [0.25, 0.3) is 11.1 Å². The van der Waals surface area contributed by atoms with E-state index in [-0.39, 0.29) is 29.0 Å². The molecule has 0 heterocycles. The monoisotopic (exact) mass is 938 g/mol. The van der Waals surface area contributed by atoms with Crippen molar-refractivity contribution in [2.45, 2.75) is 112 Å². The molecule has 0 unspecified atom stereocenters. The Bertz CT molecular complexity index is 2040. The van der Waals surface area contributed by atoms with Crippen LogP contribution in [0.5, 0.6) is 0 Å². The molecule has 6 rings (SSSR count). The van der Waals surface area contributed by atoms with E-state index in [1.807, 2.05) is 24.3 Å². The number of hydrogen-bond acceptors (Lipinski definition) is 0. The van der Waals surface area contributed by atoms with E-state index in [0.717, 1.165) is 14.4 Å². The summed E-state index contributed by atoms with van der Waals surface area (Å²) in [4.78, 5) is 0. The van der Waals surface area contributed by atoms with Crippen LogP contribution in [0.3, 0.4) is 0 Å². The van der Waals surface area contributed by atoms with Crippen LogP contribution in [-0.4, -0.2) is 3.26 Å².